The summed E-state index contributed by atoms with van der Waals surface area (Å²) in [6, 6.07) is 4.02. The molecular formula is C18H24N4O6S. The topological polar surface area (TPSA) is 139 Å². The van der Waals surface area contributed by atoms with Gasteiger partial charge in [0.2, 0.25) is 10.0 Å². The first-order valence-electron chi connectivity index (χ1n) is 9.51. The van der Waals surface area contributed by atoms with Crippen molar-refractivity contribution in [3.05, 3.63) is 33.9 Å². The molecule has 1 aromatic rings. The molecule has 0 unspecified atom stereocenters. The summed E-state index contributed by atoms with van der Waals surface area (Å²) in [5, 5.41) is 15.6. The van der Waals surface area contributed by atoms with E-state index >= 15 is 0 Å². The van der Waals surface area contributed by atoms with Gasteiger partial charge >= 0.3 is 11.8 Å². The smallest absolute Gasteiger partial charge is 0.313 e. The van der Waals surface area contributed by atoms with Gasteiger partial charge in [0.1, 0.15) is 0 Å². The molecule has 1 aliphatic heterocycles. The van der Waals surface area contributed by atoms with E-state index in [1.54, 1.807) is 6.92 Å². The molecule has 2 aliphatic rings. The Bertz CT molecular complexity index is 920. The summed E-state index contributed by atoms with van der Waals surface area (Å²) >= 11 is 0. The van der Waals surface area contributed by atoms with E-state index in [9.17, 15) is 28.1 Å². The second-order valence-corrected chi connectivity index (χ2v) is 9.72. The molecule has 29 heavy (non-hydrogen) atoms. The Morgan fingerprint density at radius 3 is 2.41 bits per heavy atom. The van der Waals surface area contributed by atoms with Crippen LogP contribution in [0.15, 0.2) is 18.2 Å². The van der Waals surface area contributed by atoms with Gasteiger partial charge in [0.15, 0.2) is 0 Å². The van der Waals surface area contributed by atoms with Gasteiger partial charge in [0.05, 0.1) is 15.9 Å². The van der Waals surface area contributed by atoms with Crippen molar-refractivity contribution in [1.82, 2.24) is 9.62 Å². The molecule has 1 aliphatic carbocycles. The molecule has 1 saturated heterocycles. The van der Waals surface area contributed by atoms with E-state index in [4.69, 9.17) is 0 Å². The standard InChI is InChI=1S/C18H24N4O6S/c1-12-2-3-14(22(25)26)10-16(12)20-18(24)17(23)19-11-13-6-8-21(9-7-13)29(27,28)15-4-5-15/h2-3,10,13,15H,4-9,11H2,1H3,(H,19,23)(H,20,24). The number of rotatable bonds is 6. The molecule has 11 heteroatoms. The molecule has 3 rings (SSSR count). The molecule has 2 N–H and O–H groups in total. The number of nitrogens with zero attached hydrogens (tertiary/aromatic N) is 2. The van der Waals surface area contributed by atoms with Crippen LogP contribution in [-0.2, 0) is 19.6 Å². The summed E-state index contributed by atoms with van der Waals surface area (Å²) in [5.41, 5.74) is 0.623. The van der Waals surface area contributed by atoms with Gasteiger partial charge in [-0.25, -0.2) is 12.7 Å². The Kier molecular flexibility index (Phi) is 6.18. The molecular weight excluding hydrogens is 400 g/mol. The predicted octanol–water partition coefficient (Wildman–Crippen LogP) is 1.16. The molecule has 0 atom stereocenters. The first-order chi connectivity index (χ1) is 13.7. The van der Waals surface area contributed by atoms with E-state index in [0.29, 0.717) is 31.5 Å². The lowest BCUT2D eigenvalue weighted by molar-refractivity contribution is -0.384. The summed E-state index contributed by atoms with van der Waals surface area (Å²) < 4.78 is 26.0. The zero-order valence-electron chi connectivity index (χ0n) is 16.1. The van der Waals surface area contributed by atoms with Gasteiger partial charge < -0.3 is 10.6 Å². The lowest BCUT2D eigenvalue weighted by Crippen LogP contribution is -2.44. The van der Waals surface area contributed by atoms with Crippen LogP contribution in [0.5, 0.6) is 0 Å². The van der Waals surface area contributed by atoms with Gasteiger partial charge in [-0.05, 0) is 44.1 Å². The summed E-state index contributed by atoms with van der Waals surface area (Å²) in [7, 11) is -3.17. The minimum Gasteiger partial charge on any atom is -0.348 e. The third-order valence-electron chi connectivity index (χ3n) is 5.32. The zero-order chi connectivity index (χ0) is 21.2. The van der Waals surface area contributed by atoms with Gasteiger partial charge in [-0.3, -0.25) is 19.7 Å². The van der Waals surface area contributed by atoms with Gasteiger partial charge in [-0.2, -0.15) is 0 Å². The van der Waals surface area contributed by atoms with Crippen LogP contribution >= 0.6 is 0 Å². The van der Waals surface area contributed by atoms with E-state index in [0.717, 1.165) is 12.8 Å². The number of nitro groups is 1. The molecule has 0 aromatic heterocycles. The van der Waals surface area contributed by atoms with E-state index in [2.05, 4.69) is 10.6 Å². The molecule has 0 spiro atoms. The van der Waals surface area contributed by atoms with Gasteiger partial charge in [-0.1, -0.05) is 6.07 Å². The quantitative estimate of drug-likeness (QED) is 0.399. The maximum Gasteiger partial charge on any atom is 0.313 e. The molecule has 158 valence electrons. The highest BCUT2D eigenvalue weighted by Gasteiger charge is 2.41. The number of hydrogen-bond acceptors (Lipinski definition) is 6. The van der Waals surface area contributed by atoms with Crippen LogP contribution in [0.4, 0.5) is 11.4 Å². The molecule has 1 heterocycles. The van der Waals surface area contributed by atoms with Gasteiger partial charge in [0, 0.05) is 31.8 Å². The fourth-order valence-corrected chi connectivity index (χ4v) is 5.17. The third kappa shape index (κ3) is 5.10. The lowest BCUT2D eigenvalue weighted by atomic mass is 9.98. The highest BCUT2D eigenvalue weighted by atomic mass is 32.2. The first kappa shape index (κ1) is 21.2. The van der Waals surface area contributed by atoms with Crippen molar-refractivity contribution < 1.29 is 22.9 Å². The van der Waals surface area contributed by atoms with Crippen molar-refractivity contribution in [1.29, 1.82) is 0 Å². The second-order valence-electron chi connectivity index (χ2n) is 7.51. The summed E-state index contributed by atoms with van der Waals surface area (Å²) in [5.74, 6) is -1.64. The van der Waals surface area contributed by atoms with E-state index < -0.39 is 26.8 Å². The number of nitrogens with one attached hydrogen (secondary N) is 2. The highest BCUT2D eigenvalue weighted by molar-refractivity contribution is 7.90. The molecule has 1 aromatic carbocycles. The van der Waals surface area contributed by atoms with Crippen molar-refractivity contribution in [2.24, 2.45) is 5.92 Å². The maximum absolute atomic E-state index is 12.2. The number of nitro benzene ring substituents is 1. The number of anilines is 1. The fourth-order valence-electron chi connectivity index (χ4n) is 3.30. The zero-order valence-corrected chi connectivity index (χ0v) is 16.9. The lowest BCUT2D eigenvalue weighted by Gasteiger charge is -2.31. The van der Waals surface area contributed by atoms with Crippen LogP contribution in [0.25, 0.3) is 0 Å². The minimum atomic E-state index is -3.17. The maximum atomic E-state index is 12.2. The normalized spacial score (nSPS) is 18.2. The number of non-ortho nitro benzene ring substituents is 1. The Balaban J connectivity index is 1.47. The van der Waals surface area contributed by atoms with Crippen molar-refractivity contribution in [2.75, 3.05) is 25.0 Å². The largest absolute Gasteiger partial charge is 0.348 e. The number of aryl methyl sites for hydroxylation is 1. The molecule has 2 amide bonds. The van der Waals surface area contributed by atoms with Crippen molar-refractivity contribution >= 4 is 33.2 Å². The Hall–Kier alpha value is -2.53. The van der Waals surface area contributed by atoms with Crippen LogP contribution in [-0.4, -0.2) is 54.3 Å². The second kappa shape index (κ2) is 8.46. The Morgan fingerprint density at radius 1 is 1.17 bits per heavy atom. The van der Waals surface area contributed by atoms with Crippen molar-refractivity contribution in [3.8, 4) is 0 Å². The number of carbonyl (C=O) groups excluding carboxylic acids is 2. The molecule has 10 nitrogen and oxygen atoms in total. The van der Waals surface area contributed by atoms with E-state index in [1.807, 2.05) is 0 Å². The highest BCUT2D eigenvalue weighted by Crippen LogP contribution is 2.33. The molecule has 0 radical (unpaired) electrons. The molecule has 0 bridgehead atoms. The summed E-state index contributed by atoms with van der Waals surface area (Å²) in [4.78, 5) is 34.5. The van der Waals surface area contributed by atoms with E-state index in [1.165, 1.54) is 22.5 Å². The number of amides is 2. The van der Waals surface area contributed by atoms with Crippen molar-refractivity contribution in [2.45, 2.75) is 37.9 Å². The third-order valence-corrected chi connectivity index (χ3v) is 7.72. The Labute approximate surface area is 168 Å². The fraction of sp³-hybridized carbons (Fsp3) is 0.556. The van der Waals surface area contributed by atoms with E-state index in [-0.39, 0.29) is 29.1 Å². The van der Waals surface area contributed by atoms with Crippen LogP contribution in [0.2, 0.25) is 0 Å². The predicted molar refractivity (Wildman–Crippen MR) is 106 cm³/mol. The van der Waals surface area contributed by atoms with Crippen molar-refractivity contribution in [3.63, 3.8) is 0 Å². The van der Waals surface area contributed by atoms with Gasteiger partial charge in [-0.15, -0.1) is 0 Å². The van der Waals surface area contributed by atoms with Gasteiger partial charge in [0.25, 0.3) is 5.69 Å². The molecule has 1 saturated carbocycles. The van der Waals surface area contributed by atoms with Crippen LogP contribution in [0.3, 0.4) is 0 Å². The van der Waals surface area contributed by atoms with Crippen LogP contribution in [0.1, 0.15) is 31.2 Å². The monoisotopic (exact) mass is 424 g/mol. The minimum absolute atomic E-state index is 0.0944. The number of hydrogen-bond donors (Lipinski definition) is 2. The summed E-state index contributed by atoms with van der Waals surface area (Å²) in [6.45, 7) is 2.80. The summed E-state index contributed by atoms with van der Waals surface area (Å²) in [6.07, 6.45) is 2.71. The number of sulfonamides is 1. The number of carbonyl (C=O) groups is 2. The van der Waals surface area contributed by atoms with Crippen LogP contribution in [0, 0.1) is 23.0 Å². The SMILES string of the molecule is Cc1ccc([N+](=O)[O-])cc1NC(=O)C(=O)NCC1CCN(S(=O)(=O)C2CC2)CC1. The first-order valence-corrected chi connectivity index (χ1v) is 11.0. The number of piperidine rings is 1. The average molecular weight is 424 g/mol. The van der Waals surface area contributed by atoms with Crippen LogP contribution < -0.4 is 10.6 Å². The molecule has 2 fully saturated rings. The Morgan fingerprint density at radius 2 is 1.83 bits per heavy atom. The average Bonchev–Trinajstić information content (AvgIpc) is 3.53. The number of benzene rings is 1.